The maximum Gasteiger partial charge on any atom is 0.337 e. The average Bonchev–Trinajstić information content (AvgIpc) is 2.73. The Morgan fingerprint density at radius 2 is 1.84 bits per heavy atom. The number of anilines is 1. The predicted molar refractivity (Wildman–Crippen MR) is 117 cm³/mol. The van der Waals surface area contributed by atoms with Crippen LogP contribution in [0.2, 0.25) is 0 Å². The molecule has 0 aromatic heterocycles. The lowest BCUT2D eigenvalue weighted by Gasteiger charge is -2.06. The zero-order chi connectivity index (χ0) is 24.1. The lowest BCUT2D eigenvalue weighted by Crippen LogP contribution is -2.06. The second-order valence-electron chi connectivity index (χ2n) is 6.57. The van der Waals surface area contributed by atoms with E-state index in [0.717, 1.165) is 0 Å². The molecule has 0 fully saturated rings. The number of hydrogen-bond donors (Lipinski definition) is 3. The van der Waals surface area contributed by atoms with Crippen molar-refractivity contribution in [3.8, 4) is 11.8 Å². The van der Waals surface area contributed by atoms with Crippen LogP contribution in [0, 0.1) is 11.3 Å². The number of nitrogens with zero attached hydrogens (tertiary/aromatic N) is 1. The Labute approximate surface area is 184 Å². The van der Waals surface area contributed by atoms with Gasteiger partial charge in [-0.1, -0.05) is 19.1 Å². The van der Waals surface area contributed by atoms with E-state index in [-0.39, 0.29) is 16.1 Å². The first-order valence-electron chi connectivity index (χ1n) is 9.22. The quantitative estimate of drug-likeness (QED) is 0.230. The van der Waals surface area contributed by atoms with E-state index in [0.29, 0.717) is 34.1 Å². The summed E-state index contributed by atoms with van der Waals surface area (Å²) in [5, 5.41) is 18.6. The van der Waals surface area contributed by atoms with Crippen LogP contribution in [-0.4, -0.2) is 30.0 Å². The summed E-state index contributed by atoms with van der Waals surface area (Å²) in [6.07, 6.45) is 0.613. The van der Waals surface area contributed by atoms with E-state index < -0.39 is 22.1 Å². The SMILES string of the molecule is CC(=O)Oc1cccc2cc(S(=O)(=O)O)ccc12.CCc1cc(C#N)cc(C(=O)O)c1N. The topological polar surface area (TPSA) is 168 Å². The molecule has 0 spiro atoms. The highest BCUT2D eigenvalue weighted by Gasteiger charge is 2.13. The summed E-state index contributed by atoms with van der Waals surface area (Å²) in [5.74, 6) is -1.21. The Bertz CT molecular complexity index is 1340. The van der Waals surface area contributed by atoms with Crippen LogP contribution in [0.3, 0.4) is 0 Å². The first kappa shape index (κ1) is 24.3. The summed E-state index contributed by atoms with van der Waals surface area (Å²) in [7, 11) is -4.24. The summed E-state index contributed by atoms with van der Waals surface area (Å²) < 4.78 is 36.0. The summed E-state index contributed by atoms with van der Waals surface area (Å²) in [5.41, 5.74) is 6.90. The third-order valence-corrected chi connectivity index (χ3v) is 5.22. The number of nitriles is 1. The first-order valence-corrected chi connectivity index (χ1v) is 10.7. The summed E-state index contributed by atoms with van der Waals surface area (Å²) in [6, 6.07) is 13.8. The smallest absolute Gasteiger partial charge is 0.337 e. The van der Waals surface area contributed by atoms with Gasteiger partial charge in [0.1, 0.15) is 5.75 Å². The number of aryl methyl sites for hydroxylation is 1. The molecule has 0 unspecified atom stereocenters. The molecule has 0 radical (unpaired) electrons. The molecular formula is C22H20N2O7S. The number of carboxylic acids is 1. The monoisotopic (exact) mass is 456 g/mol. The van der Waals surface area contributed by atoms with E-state index in [2.05, 4.69) is 0 Å². The number of nitrogen functional groups attached to an aromatic ring is 1. The molecule has 0 saturated heterocycles. The maximum absolute atomic E-state index is 11.0. The van der Waals surface area contributed by atoms with Gasteiger partial charge in [-0.3, -0.25) is 9.35 Å². The third-order valence-electron chi connectivity index (χ3n) is 4.37. The van der Waals surface area contributed by atoms with E-state index in [4.69, 9.17) is 25.4 Å². The Balaban J connectivity index is 0.000000235. The normalized spacial score (nSPS) is 10.6. The molecule has 0 bridgehead atoms. The molecule has 0 atom stereocenters. The van der Waals surface area contributed by atoms with E-state index in [1.54, 1.807) is 24.3 Å². The Kier molecular flexibility index (Phi) is 7.54. The van der Waals surface area contributed by atoms with Gasteiger partial charge < -0.3 is 15.6 Å². The zero-order valence-corrected chi connectivity index (χ0v) is 18.0. The molecule has 0 heterocycles. The number of ether oxygens (including phenoxy) is 1. The number of carbonyl (C=O) groups is 2. The fourth-order valence-electron chi connectivity index (χ4n) is 2.88. The van der Waals surface area contributed by atoms with Crippen LogP contribution >= 0.6 is 0 Å². The van der Waals surface area contributed by atoms with Crippen LogP contribution in [0.5, 0.6) is 5.75 Å². The summed E-state index contributed by atoms with van der Waals surface area (Å²) in [4.78, 5) is 21.5. The fourth-order valence-corrected chi connectivity index (χ4v) is 3.40. The van der Waals surface area contributed by atoms with E-state index >= 15 is 0 Å². The van der Waals surface area contributed by atoms with Crippen molar-refractivity contribution in [1.82, 2.24) is 0 Å². The van der Waals surface area contributed by atoms with Crippen molar-refractivity contribution in [3.05, 3.63) is 65.2 Å². The highest BCUT2D eigenvalue weighted by Crippen LogP contribution is 2.27. The van der Waals surface area contributed by atoms with Crippen LogP contribution in [0.4, 0.5) is 5.69 Å². The van der Waals surface area contributed by atoms with Crippen molar-refractivity contribution >= 4 is 38.5 Å². The number of carboxylic acid groups (broad SMARTS) is 1. The van der Waals surface area contributed by atoms with Crippen molar-refractivity contribution in [3.63, 3.8) is 0 Å². The minimum atomic E-state index is -4.24. The summed E-state index contributed by atoms with van der Waals surface area (Å²) >= 11 is 0. The highest BCUT2D eigenvalue weighted by molar-refractivity contribution is 7.85. The predicted octanol–water partition coefficient (Wildman–Crippen LogP) is 3.41. The van der Waals surface area contributed by atoms with Gasteiger partial charge in [0.15, 0.2) is 0 Å². The van der Waals surface area contributed by atoms with Crippen LogP contribution in [0.15, 0.2) is 53.4 Å². The number of benzene rings is 3. The van der Waals surface area contributed by atoms with E-state index in [1.165, 1.54) is 31.2 Å². The summed E-state index contributed by atoms with van der Waals surface area (Å²) in [6.45, 7) is 3.14. The number of rotatable bonds is 4. The van der Waals surface area contributed by atoms with Crippen LogP contribution in [0.1, 0.15) is 35.3 Å². The minimum Gasteiger partial charge on any atom is -0.478 e. The lowest BCUT2D eigenvalue weighted by atomic mass is 10.0. The number of hydrogen-bond acceptors (Lipinski definition) is 7. The van der Waals surface area contributed by atoms with E-state index in [1.807, 2.05) is 13.0 Å². The molecule has 166 valence electrons. The van der Waals surface area contributed by atoms with Gasteiger partial charge in [0.05, 0.1) is 22.1 Å². The lowest BCUT2D eigenvalue weighted by molar-refractivity contribution is -0.131. The zero-order valence-electron chi connectivity index (χ0n) is 17.2. The number of esters is 1. The first-order chi connectivity index (χ1) is 15.0. The molecule has 0 aliphatic rings. The van der Waals surface area contributed by atoms with Crippen molar-refractivity contribution in [2.75, 3.05) is 5.73 Å². The number of carbonyl (C=O) groups excluding carboxylic acids is 1. The van der Waals surface area contributed by atoms with Crippen molar-refractivity contribution in [2.24, 2.45) is 0 Å². The third kappa shape index (κ3) is 5.81. The molecule has 32 heavy (non-hydrogen) atoms. The molecular weight excluding hydrogens is 436 g/mol. The maximum atomic E-state index is 11.0. The Hall–Kier alpha value is -3.94. The molecule has 10 heteroatoms. The molecule has 0 aliphatic carbocycles. The molecule has 3 aromatic rings. The second kappa shape index (κ2) is 9.91. The van der Waals surface area contributed by atoms with Crippen molar-refractivity contribution in [2.45, 2.75) is 25.2 Å². The Morgan fingerprint density at radius 3 is 2.38 bits per heavy atom. The van der Waals surface area contributed by atoms with Crippen LogP contribution in [-0.2, 0) is 21.3 Å². The molecule has 0 saturated carbocycles. The van der Waals surface area contributed by atoms with Crippen molar-refractivity contribution < 1.29 is 32.4 Å². The number of nitrogens with two attached hydrogens (primary N) is 1. The standard InChI is InChI=1S/C12H10O5S.C10H10N2O2/c1-8(13)17-12-4-2-3-9-7-10(18(14,15)16)5-6-11(9)12;1-2-7-3-6(5-11)4-8(9(7)12)10(13)14/h2-7H,1H3,(H,14,15,16);3-4H,2,12H2,1H3,(H,13,14). The van der Waals surface area contributed by atoms with Gasteiger partial charge in [-0.2, -0.15) is 13.7 Å². The van der Waals surface area contributed by atoms with Gasteiger partial charge in [0.2, 0.25) is 0 Å². The molecule has 0 amide bonds. The number of fused-ring (bicyclic) bond motifs is 1. The van der Waals surface area contributed by atoms with Gasteiger partial charge in [-0.05, 0) is 53.8 Å². The fraction of sp³-hybridized carbons (Fsp3) is 0.136. The van der Waals surface area contributed by atoms with Gasteiger partial charge in [-0.25, -0.2) is 4.79 Å². The van der Waals surface area contributed by atoms with Gasteiger partial charge >= 0.3 is 11.9 Å². The second-order valence-corrected chi connectivity index (χ2v) is 8.00. The molecule has 0 aliphatic heterocycles. The molecule has 3 rings (SSSR count). The average molecular weight is 456 g/mol. The molecule has 3 aromatic carbocycles. The van der Waals surface area contributed by atoms with E-state index in [9.17, 15) is 18.0 Å². The van der Waals surface area contributed by atoms with Crippen LogP contribution < -0.4 is 10.5 Å². The molecule has 4 N–H and O–H groups in total. The number of aromatic carboxylic acids is 1. The van der Waals surface area contributed by atoms with Gasteiger partial charge in [0.25, 0.3) is 10.1 Å². The van der Waals surface area contributed by atoms with Gasteiger partial charge in [0, 0.05) is 18.0 Å². The minimum absolute atomic E-state index is 0.000833. The van der Waals surface area contributed by atoms with Gasteiger partial charge in [-0.15, -0.1) is 0 Å². The Morgan fingerprint density at radius 1 is 1.16 bits per heavy atom. The van der Waals surface area contributed by atoms with Crippen LogP contribution in [0.25, 0.3) is 10.8 Å². The van der Waals surface area contributed by atoms with Crippen molar-refractivity contribution in [1.29, 1.82) is 5.26 Å². The largest absolute Gasteiger partial charge is 0.478 e. The highest BCUT2D eigenvalue weighted by atomic mass is 32.2. The molecule has 9 nitrogen and oxygen atoms in total.